The van der Waals surface area contributed by atoms with Crippen LogP contribution < -0.4 is 16.0 Å². The van der Waals surface area contributed by atoms with Crippen LogP contribution >= 0.6 is 0 Å². The van der Waals surface area contributed by atoms with Crippen molar-refractivity contribution in [3.63, 3.8) is 0 Å². The molecule has 23 heavy (non-hydrogen) atoms. The van der Waals surface area contributed by atoms with Crippen LogP contribution in [0.25, 0.3) is 0 Å². The molecule has 1 unspecified atom stereocenters. The van der Waals surface area contributed by atoms with Crippen LogP contribution in [0, 0.1) is 5.92 Å². The molecule has 0 aliphatic carbocycles. The summed E-state index contributed by atoms with van der Waals surface area (Å²) in [5.74, 6) is 0.663. The summed E-state index contributed by atoms with van der Waals surface area (Å²) < 4.78 is 5.28. The number of piperidine rings is 1. The highest BCUT2D eigenvalue weighted by molar-refractivity contribution is 5.68. The summed E-state index contributed by atoms with van der Waals surface area (Å²) in [6.07, 6.45) is 2.12. The summed E-state index contributed by atoms with van der Waals surface area (Å²) in [7, 11) is 0. The SMILES string of the molecule is CC(C)(C)OC(=O)NCc1ccccc1NCC1CCCNC1. The summed E-state index contributed by atoms with van der Waals surface area (Å²) >= 11 is 0. The Kier molecular flexibility index (Phi) is 6.28. The smallest absolute Gasteiger partial charge is 0.407 e. The van der Waals surface area contributed by atoms with Crippen molar-refractivity contribution < 1.29 is 9.53 Å². The second kappa shape index (κ2) is 8.20. The van der Waals surface area contributed by atoms with Gasteiger partial charge in [0.25, 0.3) is 0 Å². The van der Waals surface area contributed by atoms with Gasteiger partial charge in [-0.05, 0) is 64.3 Å². The topological polar surface area (TPSA) is 62.4 Å². The minimum atomic E-state index is -0.476. The first-order valence-electron chi connectivity index (χ1n) is 8.43. The second-order valence-corrected chi connectivity index (χ2v) is 7.11. The zero-order chi connectivity index (χ0) is 16.7. The predicted octanol–water partition coefficient (Wildman–Crippen LogP) is 3.12. The lowest BCUT2D eigenvalue weighted by Crippen LogP contribution is -2.34. The molecule has 0 bridgehead atoms. The summed E-state index contributed by atoms with van der Waals surface area (Å²) in [5.41, 5.74) is 1.67. The highest BCUT2D eigenvalue weighted by Crippen LogP contribution is 2.17. The van der Waals surface area contributed by atoms with E-state index in [1.165, 1.54) is 12.8 Å². The first kappa shape index (κ1) is 17.6. The number of nitrogens with one attached hydrogen (secondary N) is 3. The van der Waals surface area contributed by atoms with Gasteiger partial charge in [-0.2, -0.15) is 0 Å². The van der Waals surface area contributed by atoms with E-state index in [9.17, 15) is 4.79 Å². The Morgan fingerprint density at radius 2 is 2.13 bits per heavy atom. The van der Waals surface area contributed by atoms with Crippen LogP contribution in [0.3, 0.4) is 0 Å². The van der Waals surface area contributed by atoms with Crippen molar-refractivity contribution in [2.45, 2.75) is 45.8 Å². The van der Waals surface area contributed by atoms with Crippen molar-refractivity contribution >= 4 is 11.8 Å². The molecule has 1 aromatic carbocycles. The van der Waals surface area contributed by atoms with Gasteiger partial charge < -0.3 is 20.7 Å². The molecular formula is C18H29N3O2. The van der Waals surface area contributed by atoms with Gasteiger partial charge in [-0.15, -0.1) is 0 Å². The molecule has 0 spiro atoms. The number of ether oxygens (including phenoxy) is 1. The van der Waals surface area contributed by atoms with Crippen LogP contribution in [0.2, 0.25) is 0 Å². The maximum atomic E-state index is 11.8. The van der Waals surface area contributed by atoms with E-state index in [2.05, 4.69) is 22.0 Å². The first-order chi connectivity index (χ1) is 10.9. The van der Waals surface area contributed by atoms with Gasteiger partial charge in [0.05, 0.1) is 0 Å². The van der Waals surface area contributed by atoms with Crippen molar-refractivity contribution in [1.29, 1.82) is 0 Å². The maximum absolute atomic E-state index is 11.8. The van der Waals surface area contributed by atoms with Crippen LogP contribution in [0.5, 0.6) is 0 Å². The fourth-order valence-electron chi connectivity index (χ4n) is 2.68. The second-order valence-electron chi connectivity index (χ2n) is 7.11. The number of alkyl carbamates (subject to hydrolysis) is 1. The fourth-order valence-corrected chi connectivity index (χ4v) is 2.68. The minimum Gasteiger partial charge on any atom is -0.444 e. The minimum absolute atomic E-state index is 0.385. The number of anilines is 1. The van der Waals surface area contributed by atoms with Crippen molar-refractivity contribution in [1.82, 2.24) is 10.6 Å². The third-order valence-corrected chi connectivity index (χ3v) is 3.82. The van der Waals surface area contributed by atoms with Crippen LogP contribution in [0.15, 0.2) is 24.3 Å². The van der Waals surface area contributed by atoms with E-state index in [0.29, 0.717) is 12.5 Å². The number of para-hydroxylation sites is 1. The van der Waals surface area contributed by atoms with E-state index in [1.807, 2.05) is 39.0 Å². The van der Waals surface area contributed by atoms with Crippen molar-refractivity contribution in [3.8, 4) is 0 Å². The first-order valence-corrected chi connectivity index (χ1v) is 8.43. The van der Waals surface area contributed by atoms with Crippen LogP contribution in [0.4, 0.5) is 10.5 Å². The zero-order valence-corrected chi connectivity index (χ0v) is 14.4. The van der Waals surface area contributed by atoms with Crippen molar-refractivity contribution in [3.05, 3.63) is 29.8 Å². The molecule has 1 heterocycles. The van der Waals surface area contributed by atoms with Gasteiger partial charge in [-0.1, -0.05) is 18.2 Å². The number of hydrogen-bond donors (Lipinski definition) is 3. The summed E-state index contributed by atoms with van der Waals surface area (Å²) in [6, 6.07) is 8.08. The largest absolute Gasteiger partial charge is 0.444 e. The quantitative estimate of drug-likeness (QED) is 0.780. The number of hydrogen-bond acceptors (Lipinski definition) is 4. The highest BCUT2D eigenvalue weighted by Gasteiger charge is 2.16. The molecule has 2 rings (SSSR count). The van der Waals surface area contributed by atoms with E-state index in [4.69, 9.17) is 4.74 Å². The summed E-state index contributed by atoms with van der Waals surface area (Å²) in [5, 5.41) is 9.78. The number of benzene rings is 1. The predicted molar refractivity (Wildman–Crippen MR) is 93.6 cm³/mol. The van der Waals surface area contributed by atoms with Gasteiger partial charge in [0.1, 0.15) is 5.60 Å². The lowest BCUT2D eigenvalue weighted by Gasteiger charge is -2.24. The van der Waals surface area contributed by atoms with E-state index in [0.717, 1.165) is 30.9 Å². The molecule has 0 saturated carbocycles. The lowest BCUT2D eigenvalue weighted by molar-refractivity contribution is 0.0523. The number of rotatable bonds is 5. The van der Waals surface area contributed by atoms with E-state index >= 15 is 0 Å². The Morgan fingerprint density at radius 1 is 1.35 bits per heavy atom. The average Bonchev–Trinajstić information content (AvgIpc) is 2.51. The number of amides is 1. The zero-order valence-electron chi connectivity index (χ0n) is 14.4. The van der Waals surface area contributed by atoms with Crippen molar-refractivity contribution in [2.75, 3.05) is 25.0 Å². The normalized spacial score (nSPS) is 18.3. The van der Waals surface area contributed by atoms with E-state index in [-0.39, 0.29) is 6.09 Å². The van der Waals surface area contributed by atoms with Gasteiger partial charge >= 0.3 is 6.09 Å². The fraction of sp³-hybridized carbons (Fsp3) is 0.611. The van der Waals surface area contributed by atoms with Gasteiger partial charge in [0.2, 0.25) is 0 Å². The molecule has 1 saturated heterocycles. The Hall–Kier alpha value is -1.75. The summed E-state index contributed by atoms with van der Waals surface area (Å²) in [6.45, 7) is 9.20. The summed E-state index contributed by atoms with van der Waals surface area (Å²) in [4.78, 5) is 11.8. The van der Waals surface area contributed by atoms with E-state index < -0.39 is 5.60 Å². The molecule has 0 radical (unpaired) electrons. The monoisotopic (exact) mass is 319 g/mol. The average molecular weight is 319 g/mol. The molecule has 128 valence electrons. The van der Waals surface area contributed by atoms with Crippen molar-refractivity contribution in [2.24, 2.45) is 5.92 Å². The van der Waals surface area contributed by atoms with Gasteiger partial charge in [0, 0.05) is 18.8 Å². The highest BCUT2D eigenvalue weighted by atomic mass is 16.6. The van der Waals surface area contributed by atoms with Gasteiger partial charge in [-0.25, -0.2) is 4.79 Å². The standard InChI is InChI=1S/C18H29N3O2/c1-18(2,3)23-17(22)21-13-15-8-4-5-9-16(15)20-12-14-7-6-10-19-11-14/h4-5,8-9,14,19-20H,6-7,10-13H2,1-3H3,(H,21,22). The third-order valence-electron chi connectivity index (χ3n) is 3.82. The molecule has 1 fully saturated rings. The molecule has 5 nitrogen and oxygen atoms in total. The van der Waals surface area contributed by atoms with Crippen LogP contribution in [0.1, 0.15) is 39.2 Å². The number of carbonyl (C=O) groups excluding carboxylic acids is 1. The molecule has 0 aromatic heterocycles. The Balaban J connectivity index is 1.85. The van der Waals surface area contributed by atoms with Crippen LogP contribution in [-0.2, 0) is 11.3 Å². The molecule has 1 aliphatic rings. The maximum Gasteiger partial charge on any atom is 0.407 e. The van der Waals surface area contributed by atoms with Crippen LogP contribution in [-0.4, -0.2) is 31.3 Å². The molecule has 1 atom stereocenters. The van der Waals surface area contributed by atoms with E-state index in [1.54, 1.807) is 0 Å². The molecule has 1 aliphatic heterocycles. The lowest BCUT2D eigenvalue weighted by atomic mass is 9.99. The van der Waals surface area contributed by atoms with Gasteiger partial charge in [0.15, 0.2) is 0 Å². The Morgan fingerprint density at radius 3 is 2.83 bits per heavy atom. The molecule has 1 amide bonds. The third kappa shape index (κ3) is 6.48. The Labute approximate surface area is 139 Å². The number of carbonyl (C=O) groups is 1. The molecule has 3 N–H and O–H groups in total. The molecular weight excluding hydrogens is 290 g/mol. The molecule has 5 heteroatoms. The Bertz CT molecular complexity index is 505. The van der Waals surface area contributed by atoms with Gasteiger partial charge in [-0.3, -0.25) is 0 Å². The molecule has 1 aromatic rings.